The van der Waals surface area contributed by atoms with Crippen LogP contribution >= 0.6 is 11.3 Å². The van der Waals surface area contributed by atoms with Gasteiger partial charge < -0.3 is 30.2 Å². The van der Waals surface area contributed by atoms with Crippen LogP contribution in [0, 0.1) is 5.92 Å². The van der Waals surface area contributed by atoms with E-state index in [-0.39, 0.29) is 28.8 Å². The topological polar surface area (TPSA) is 128 Å². The van der Waals surface area contributed by atoms with Crippen LogP contribution < -0.4 is 35.6 Å². The number of anilines is 2. The minimum absolute atomic E-state index is 0.129. The Balaban J connectivity index is 1.55. The number of ether oxygens (including phenoxy) is 3. The first-order valence-corrected chi connectivity index (χ1v) is 16.3. The monoisotopic (exact) mass is 634 g/mol. The molecular formula is C34H42N4O6S. The first-order chi connectivity index (χ1) is 21.6. The number of aryl methyl sites for hydroxylation is 3. The van der Waals surface area contributed by atoms with E-state index < -0.39 is 12.1 Å². The molecule has 240 valence electrons. The molecule has 2 aliphatic rings. The maximum atomic E-state index is 13.8. The Morgan fingerprint density at radius 3 is 2.42 bits per heavy atom. The van der Waals surface area contributed by atoms with Gasteiger partial charge in [-0.25, -0.2) is 4.98 Å². The highest BCUT2D eigenvalue weighted by Crippen LogP contribution is 2.50. The summed E-state index contributed by atoms with van der Waals surface area (Å²) in [5.41, 5.74) is 4.14. The summed E-state index contributed by atoms with van der Waals surface area (Å²) in [4.78, 5) is 45.7. The molecule has 1 aromatic heterocycles. The van der Waals surface area contributed by atoms with Gasteiger partial charge in [0.1, 0.15) is 6.04 Å². The third-order valence-electron chi connectivity index (χ3n) is 8.50. The number of carbonyl (C=O) groups is 2. The summed E-state index contributed by atoms with van der Waals surface area (Å²) >= 11 is 1.54. The molecule has 0 radical (unpaired) electrons. The molecule has 0 saturated carbocycles. The predicted molar refractivity (Wildman–Crippen MR) is 177 cm³/mol. The molecule has 5 rings (SSSR count). The van der Waals surface area contributed by atoms with Crippen molar-refractivity contribution in [3.63, 3.8) is 0 Å². The van der Waals surface area contributed by atoms with Crippen LogP contribution in [0.3, 0.4) is 0 Å². The number of hydrogen-bond acceptors (Lipinski definition) is 9. The van der Waals surface area contributed by atoms with Crippen LogP contribution in [-0.4, -0.2) is 44.2 Å². The Labute approximate surface area is 267 Å². The van der Waals surface area contributed by atoms with Crippen LogP contribution in [0.1, 0.15) is 74.2 Å². The number of rotatable bonds is 9. The molecule has 0 bridgehead atoms. The summed E-state index contributed by atoms with van der Waals surface area (Å²) in [6.07, 6.45) is 6.53. The SMILES string of the molecule is COc1cc2c(c(OC)c1OC)-c1ccc(NC(C(=O)Nc3nc4c(s3)CCCCC4)C(C)C)c(=O)cc1C(NC(C)=O)CC2. The van der Waals surface area contributed by atoms with Gasteiger partial charge in [0, 0.05) is 17.4 Å². The molecular weight excluding hydrogens is 592 g/mol. The maximum Gasteiger partial charge on any atom is 0.248 e. The molecule has 11 heteroatoms. The van der Waals surface area contributed by atoms with E-state index in [0.29, 0.717) is 40.8 Å². The molecule has 1 heterocycles. The Kier molecular flexibility index (Phi) is 9.96. The summed E-state index contributed by atoms with van der Waals surface area (Å²) < 4.78 is 17.2. The van der Waals surface area contributed by atoms with Gasteiger partial charge in [0.2, 0.25) is 23.0 Å². The van der Waals surface area contributed by atoms with Crippen molar-refractivity contribution in [3.05, 3.63) is 56.2 Å². The van der Waals surface area contributed by atoms with E-state index in [0.717, 1.165) is 48.1 Å². The molecule has 45 heavy (non-hydrogen) atoms. The summed E-state index contributed by atoms with van der Waals surface area (Å²) in [5, 5.41) is 9.86. The van der Waals surface area contributed by atoms with Crippen molar-refractivity contribution in [2.75, 3.05) is 32.0 Å². The molecule has 0 spiro atoms. The zero-order valence-corrected chi connectivity index (χ0v) is 27.6. The van der Waals surface area contributed by atoms with Crippen molar-refractivity contribution in [2.45, 2.75) is 77.8 Å². The van der Waals surface area contributed by atoms with Crippen molar-refractivity contribution in [2.24, 2.45) is 5.92 Å². The number of fused-ring (bicyclic) bond motifs is 4. The Morgan fingerprint density at radius 1 is 0.978 bits per heavy atom. The van der Waals surface area contributed by atoms with Crippen LogP contribution in [0.4, 0.5) is 10.8 Å². The van der Waals surface area contributed by atoms with Gasteiger partial charge in [-0.1, -0.05) is 26.3 Å². The fourth-order valence-electron chi connectivity index (χ4n) is 6.29. The van der Waals surface area contributed by atoms with E-state index in [1.165, 1.54) is 18.2 Å². The van der Waals surface area contributed by atoms with Crippen molar-refractivity contribution >= 4 is 34.0 Å². The normalized spacial score (nSPS) is 16.2. The molecule has 0 saturated heterocycles. The number of carbonyl (C=O) groups excluding carboxylic acids is 2. The molecule has 0 aliphatic heterocycles. The summed E-state index contributed by atoms with van der Waals surface area (Å²) in [7, 11) is 4.68. The molecule has 3 aromatic rings. The van der Waals surface area contributed by atoms with Gasteiger partial charge in [-0.3, -0.25) is 14.4 Å². The number of hydrogen-bond donors (Lipinski definition) is 3. The van der Waals surface area contributed by atoms with Crippen molar-refractivity contribution in [1.29, 1.82) is 0 Å². The quantitative estimate of drug-likeness (QED) is 0.257. The van der Waals surface area contributed by atoms with Gasteiger partial charge in [-0.2, -0.15) is 0 Å². The molecule has 0 fully saturated rings. The van der Waals surface area contributed by atoms with Crippen LogP contribution in [-0.2, 0) is 28.9 Å². The van der Waals surface area contributed by atoms with Gasteiger partial charge >= 0.3 is 0 Å². The van der Waals surface area contributed by atoms with Crippen LogP contribution in [0.5, 0.6) is 17.2 Å². The second-order valence-electron chi connectivity index (χ2n) is 11.9. The fourth-order valence-corrected chi connectivity index (χ4v) is 7.35. The number of methoxy groups -OCH3 is 3. The second-order valence-corrected chi connectivity index (χ2v) is 13.0. The molecule has 2 aromatic carbocycles. The standard InChI is InChI=1S/C34H42N4O6S/c1-18(2)30(33(41)38-34-37-25-10-8-7-9-11-28(25)45-34)36-24-15-13-21-22(17-26(24)40)23(35-19(3)39)14-12-20-16-27(42-4)31(43-5)32(44-6)29(20)21/h13,15-18,23,30H,7-12,14H2,1-6H3,(H,35,39)(H,36,40)(H,37,38,41). The van der Waals surface area contributed by atoms with E-state index in [9.17, 15) is 14.4 Å². The second kappa shape index (κ2) is 13.9. The molecule has 3 N–H and O–H groups in total. The van der Waals surface area contributed by atoms with Gasteiger partial charge in [0.25, 0.3) is 0 Å². The van der Waals surface area contributed by atoms with Gasteiger partial charge in [-0.15, -0.1) is 11.3 Å². The fraction of sp³-hybridized carbons (Fsp3) is 0.471. The zero-order valence-electron chi connectivity index (χ0n) is 26.8. The zero-order chi connectivity index (χ0) is 32.2. The third kappa shape index (κ3) is 6.78. The van der Waals surface area contributed by atoms with Crippen LogP contribution in [0.25, 0.3) is 11.1 Å². The van der Waals surface area contributed by atoms with E-state index in [2.05, 4.69) is 16.0 Å². The average molecular weight is 635 g/mol. The first kappa shape index (κ1) is 32.3. The molecule has 10 nitrogen and oxygen atoms in total. The third-order valence-corrected chi connectivity index (χ3v) is 9.57. The number of thiazole rings is 1. The predicted octanol–water partition coefficient (Wildman–Crippen LogP) is 5.66. The number of nitrogens with one attached hydrogen (secondary N) is 3. The van der Waals surface area contributed by atoms with Crippen LogP contribution in [0.2, 0.25) is 0 Å². The van der Waals surface area contributed by atoms with Gasteiger partial charge in [0.05, 0.1) is 38.8 Å². The van der Waals surface area contributed by atoms with E-state index >= 15 is 0 Å². The van der Waals surface area contributed by atoms with E-state index in [4.69, 9.17) is 19.2 Å². The average Bonchev–Trinajstić information content (AvgIpc) is 3.11. The van der Waals surface area contributed by atoms with Crippen molar-refractivity contribution in [3.8, 4) is 28.4 Å². The number of amides is 2. The smallest absolute Gasteiger partial charge is 0.248 e. The van der Waals surface area contributed by atoms with Crippen molar-refractivity contribution < 1.29 is 23.8 Å². The Bertz CT molecular complexity index is 1630. The van der Waals surface area contributed by atoms with Crippen LogP contribution in [0.15, 0.2) is 29.1 Å². The number of benzene rings is 1. The maximum absolute atomic E-state index is 13.8. The number of nitrogens with zero attached hydrogens (tertiary/aromatic N) is 1. The largest absolute Gasteiger partial charge is 0.493 e. The lowest BCUT2D eigenvalue weighted by atomic mass is 9.95. The highest BCUT2D eigenvalue weighted by molar-refractivity contribution is 7.15. The van der Waals surface area contributed by atoms with Crippen molar-refractivity contribution in [1.82, 2.24) is 10.3 Å². The summed E-state index contributed by atoms with van der Waals surface area (Å²) in [5.74, 6) is 0.864. The molecule has 2 atom stereocenters. The first-order valence-electron chi connectivity index (χ1n) is 15.5. The lowest BCUT2D eigenvalue weighted by Gasteiger charge is -2.21. The van der Waals surface area contributed by atoms with Gasteiger partial charge in [-0.05, 0) is 79.3 Å². The summed E-state index contributed by atoms with van der Waals surface area (Å²) in [6, 6.07) is 5.89. The Morgan fingerprint density at radius 2 is 1.73 bits per heavy atom. The molecule has 2 amide bonds. The van der Waals surface area contributed by atoms with E-state index in [1.807, 2.05) is 26.0 Å². The lowest BCUT2D eigenvalue weighted by Crippen LogP contribution is -2.39. The Hall–Kier alpha value is -4.12. The minimum Gasteiger partial charge on any atom is -0.493 e. The summed E-state index contributed by atoms with van der Waals surface area (Å²) in [6.45, 7) is 5.33. The highest BCUT2D eigenvalue weighted by Gasteiger charge is 2.30. The van der Waals surface area contributed by atoms with Gasteiger partial charge in [0.15, 0.2) is 16.6 Å². The number of aromatic nitrogens is 1. The molecule has 2 unspecified atom stereocenters. The molecule has 2 aliphatic carbocycles. The highest BCUT2D eigenvalue weighted by atomic mass is 32.1. The lowest BCUT2D eigenvalue weighted by molar-refractivity contribution is -0.120. The minimum atomic E-state index is -0.694. The van der Waals surface area contributed by atoms with E-state index in [1.54, 1.807) is 44.8 Å².